The number of hydrogen-bond acceptors (Lipinski definition) is 7. The Labute approximate surface area is 198 Å². The molecule has 10 heteroatoms. The molecule has 10 nitrogen and oxygen atoms in total. The molecule has 4 N–H and O–H groups in total. The summed E-state index contributed by atoms with van der Waals surface area (Å²) in [6.07, 6.45) is 0.179. The van der Waals surface area contributed by atoms with Gasteiger partial charge in [0.15, 0.2) is 5.82 Å². The molecule has 0 aliphatic carbocycles. The molecule has 0 saturated heterocycles. The van der Waals surface area contributed by atoms with E-state index in [0.717, 1.165) is 11.1 Å². The minimum atomic E-state index is -1.09. The highest BCUT2D eigenvalue weighted by Crippen LogP contribution is 2.13. The topological polar surface area (TPSA) is 137 Å². The summed E-state index contributed by atoms with van der Waals surface area (Å²) in [5.74, 6) is -0.105. The van der Waals surface area contributed by atoms with E-state index in [2.05, 4.69) is 26.2 Å². The van der Waals surface area contributed by atoms with Gasteiger partial charge < -0.3 is 21.1 Å². The minimum absolute atomic E-state index is 0.130. The van der Waals surface area contributed by atoms with Crippen LogP contribution in [0.3, 0.4) is 0 Å². The second-order valence-corrected chi connectivity index (χ2v) is 8.52. The fourth-order valence-electron chi connectivity index (χ4n) is 3.11. The molecular formula is C24H31N7O3. The van der Waals surface area contributed by atoms with Crippen LogP contribution in [0.15, 0.2) is 60.7 Å². The van der Waals surface area contributed by atoms with Crippen LogP contribution in [0.2, 0.25) is 0 Å². The molecule has 2 aromatic carbocycles. The van der Waals surface area contributed by atoms with Gasteiger partial charge in [0.2, 0.25) is 11.8 Å². The monoisotopic (exact) mass is 465 g/mol. The molecule has 0 unspecified atom stereocenters. The van der Waals surface area contributed by atoms with E-state index in [1.165, 1.54) is 4.68 Å². The summed E-state index contributed by atoms with van der Waals surface area (Å²) in [6, 6.07) is 18.7. The van der Waals surface area contributed by atoms with Crippen LogP contribution in [0.4, 0.5) is 0 Å². The molecule has 0 aliphatic rings. The van der Waals surface area contributed by atoms with Crippen molar-refractivity contribution in [2.24, 2.45) is 5.73 Å². The lowest BCUT2D eigenvalue weighted by atomic mass is 10.1. The van der Waals surface area contributed by atoms with Gasteiger partial charge in [0.1, 0.15) is 6.04 Å². The number of tetrazole rings is 1. The zero-order valence-corrected chi connectivity index (χ0v) is 19.5. The molecule has 0 saturated carbocycles. The molecule has 0 fully saturated rings. The number of aryl methyl sites for hydroxylation is 1. The molecule has 1 heterocycles. The summed E-state index contributed by atoms with van der Waals surface area (Å²) in [5.41, 5.74) is 6.88. The number of benzene rings is 2. The Morgan fingerprint density at radius 3 is 2.35 bits per heavy atom. The van der Waals surface area contributed by atoms with Crippen LogP contribution >= 0.6 is 0 Å². The van der Waals surface area contributed by atoms with Gasteiger partial charge in [-0.3, -0.25) is 9.59 Å². The Kier molecular flexibility index (Phi) is 8.83. The molecule has 0 bridgehead atoms. The van der Waals surface area contributed by atoms with Crippen molar-refractivity contribution in [2.45, 2.75) is 51.5 Å². The van der Waals surface area contributed by atoms with Gasteiger partial charge in [-0.15, -0.1) is 5.10 Å². The molecule has 3 rings (SSSR count). The standard InChI is InChI=1S/C24H31N7O3/c1-24(2,25)23(33)27-20(17-34-16-19-11-7-4-8-12-19)22-28-29-30-31(22)14-13-21(32)26-15-18-9-5-3-6-10-18/h3-12,20H,13-17,25H2,1-2H3,(H,26,32)(H,27,33)/t20-/m1/s1. The average molecular weight is 466 g/mol. The van der Waals surface area contributed by atoms with E-state index in [0.29, 0.717) is 19.0 Å². The van der Waals surface area contributed by atoms with E-state index >= 15 is 0 Å². The Morgan fingerprint density at radius 1 is 1.06 bits per heavy atom. The van der Waals surface area contributed by atoms with Crippen LogP contribution in [-0.2, 0) is 34.0 Å². The fourth-order valence-corrected chi connectivity index (χ4v) is 3.11. The van der Waals surface area contributed by atoms with Crippen molar-refractivity contribution >= 4 is 11.8 Å². The number of nitrogens with one attached hydrogen (secondary N) is 2. The summed E-state index contributed by atoms with van der Waals surface area (Å²) in [5, 5.41) is 17.6. The van der Waals surface area contributed by atoms with E-state index < -0.39 is 11.6 Å². The molecule has 180 valence electrons. The third-order valence-electron chi connectivity index (χ3n) is 5.04. The van der Waals surface area contributed by atoms with Crippen molar-refractivity contribution in [2.75, 3.05) is 6.61 Å². The lowest BCUT2D eigenvalue weighted by molar-refractivity contribution is -0.126. The predicted octanol–water partition coefficient (Wildman–Crippen LogP) is 1.49. The number of rotatable bonds is 12. The van der Waals surface area contributed by atoms with Crippen LogP contribution in [0.25, 0.3) is 0 Å². The van der Waals surface area contributed by atoms with E-state index in [1.54, 1.807) is 13.8 Å². The number of nitrogens with two attached hydrogens (primary N) is 1. The number of nitrogens with zero attached hydrogens (tertiary/aromatic N) is 4. The van der Waals surface area contributed by atoms with E-state index in [1.807, 2.05) is 60.7 Å². The zero-order valence-electron chi connectivity index (χ0n) is 19.5. The molecule has 0 radical (unpaired) electrons. The van der Waals surface area contributed by atoms with Gasteiger partial charge in [-0.05, 0) is 35.4 Å². The summed E-state index contributed by atoms with van der Waals surface area (Å²) >= 11 is 0. The third kappa shape index (κ3) is 7.75. The van der Waals surface area contributed by atoms with Gasteiger partial charge >= 0.3 is 0 Å². The zero-order chi connectivity index (χ0) is 24.4. The highest BCUT2D eigenvalue weighted by Gasteiger charge is 2.28. The summed E-state index contributed by atoms with van der Waals surface area (Å²) in [4.78, 5) is 24.9. The summed E-state index contributed by atoms with van der Waals surface area (Å²) < 4.78 is 7.35. The largest absolute Gasteiger partial charge is 0.374 e. The lowest BCUT2D eigenvalue weighted by Gasteiger charge is -2.23. The van der Waals surface area contributed by atoms with Gasteiger partial charge in [0.05, 0.1) is 25.3 Å². The second kappa shape index (κ2) is 12.0. The fraction of sp³-hybridized carbons (Fsp3) is 0.375. The number of carbonyl (C=O) groups excluding carboxylic acids is 2. The normalized spacial score (nSPS) is 12.2. The molecule has 0 spiro atoms. The Bertz CT molecular complexity index is 1050. The van der Waals surface area contributed by atoms with Gasteiger partial charge in [0.25, 0.3) is 0 Å². The first-order valence-corrected chi connectivity index (χ1v) is 11.1. The van der Waals surface area contributed by atoms with Crippen molar-refractivity contribution in [3.05, 3.63) is 77.6 Å². The van der Waals surface area contributed by atoms with Crippen molar-refractivity contribution in [3.63, 3.8) is 0 Å². The minimum Gasteiger partial charge on any atom is -0.374 e. The third-order valence-corrected chi connectivity index (χ3v) is 5.04. The molecule has 0 aliphatic heterocycles. The Morgan fingerprint density at radius 2 is 1.71 bits per heavy atom. The maximum atomic E-state index is 12.6. The molecule has 1 aromatic heterocycles. The Balaban J connectivity index is 1.61. The molecule has 34 heavy (non-hydrogen) atoms. The van der Waals surface area contributed by atoms with Crippen molar-refractivity contribution < 1.29 is 14.3 Å². The first-order chi connectivity index (χ1) is 16.3. The first-order valence-electron chi connectivity index (χ1n) is 11.1. The summed E-state index contributed by atoms with van der Waals surface area (Å²) in [6.45, 7) is 4.42. The summed E-state index contributed by atoms with van der Waals surface area (Å²) in [7, 11) is 0. The van der Waals surface area contributed by atoms with Gasteiger partial charge in [0, 0.05) is 13.0 Å². The molecule has 3 aromatic rings. The highest BCUT2D eigenvalue weighted by molar-refractivity contribution is 5.85. The molecule has 2 amide bonds. The number of hydrogen-bond donors (Lipinski definition) is 3. The van der Waals surface area contributed by atoms with E-state index in [4.69, 9.17) is 10.5 Å². The maximum Gasteiger partial charge on any atom is 0.240 e. The number of ether oxygens (including phenoxy) is 1. The van der Waals surface area contributed by atoms with Crippen LogP contribution < -0.4 is 16.4 Å². The number of amides is 2. The lowest BCUT2D eigenvalue weighted by Crippen LogP contribution is -2.51. The van der Waals surface area contributed by atoms with E-state index in [9.17, 15) is 9.59 Å². The average Bonchev–Trinajstić information content (AvgIpc) is 3.30. The highest BCUT2D eigenvalue weighted by atomic mass is 16.5. The van der Waals surface area contributed by atoms with Crippen molar-refractivity contribution in [3.8, 4) is 0 Å². The first kappa shape index (κ1) is 25.0. The molecular weight excluding hydrogens is 434 g/mol. The van der Waals surface area contributed by atoms with Gasteiger partial charge in [-0.25, -0.2) is 4.68 Å². The van der Waals surface area contributed by atoms with Crippen molar-refractivity contribution in [1.29, 1.82) is 0 Å². The van der Waals surface area contributed by atoms with Crippen molar-refractivity contribution in [1.82, 2.24) is 30.8 Å². The van der Waals surface area contributed by atoms with Crippen LogP contribution in [-0.4, -0.2) is 44.2 Å². The molecule has 1 atom stereocenters. The smallest absolute Gasteiger partial charge is 0.240 e. The van der Waals surface area contributed by atoms with E-state index in [-0.39, 0.29) is 31.4 Å². The number of aromatic nitrogens is 4. The SMILES string of the molecule is CC(C)(N)C(=O)N[C@H](COCc1ccccc1)c1nnnn1CCC(=O)NCc1ccccc1. The van der Waals surface area contributed by atoms with Crippen LogP contribution in [0.5, 0.6) is 0 Å². The van der Waals surface area contributed by atoms with Gasteiger partial charge in [-0.1, -0.05) is 60.7 Å². The van der Waals surface area contributed by atoms with Crippen LogP contribution in [0.1, 0.15) is 43.3 Å². The maximum absolute atomic E-state index is 12.6. The van der Waals surface area contributed by atoms with Crippen LogP contribution in [0, 0.1) is 0 Å². The quantitative estimate of drug-likeness (QED) is 0.368. The Hall–Kier alpha value is -3.63. The predicted molar refractivity (Wildman–Crippen MR) is 126 cm³/mol. The second-order valence-electron chi connectivity index (χ2n) is 8.52. The van der Waals surface area contributed by atoms with Gasteiger partial charge in [-0.2, -0.15) is 0 Å². The number of carbonyl (C=O) groups is 2.